The first kappa shape index (κ1) is 17.2. The van der Waals surface area contributed by atoms with Crippen molar-refractivity contribution in [2.75, 3.05) is 5.73 Å². The molecule has 0 spiro atoms. The summed E-state index contributed by atoms with van der Waals surface area (Å²) in [7, 11) is 0. The topological polar surface area (TPSA) is 69.1 Å². The Morgan fingerprint density at radius 2 is 1.66 bits per heavy atom. The molecular weight excluding hydrogens is 379 g/mol. The molecule has 3 heterocycles. The lowest BCUT2D eigenvalue weighted by Gasteiger charge is -2.14. The lowest BCUT2D eigenvalue weighted by Crippen LogP contribution is -2.04. The molecule has 0 aliphatic carbocycles. The number of imidazole rings is 1. The third kappa shape index (κ3) is 2.68. The number of rotatable bonds is 2. The van der Waals surface area contributed by atoms with E-state index >= 15 is 0 Å². The number of nitrogens with two attached hydrogens (primary N) is 1. The minimum absolute atomic E-state index is 0.112. The van der Waals surface area contributed by atoms with E-state index in [0.717, 1.165) is 12.1 Å². The average Bonchev–Trinajstić information content (AvgIpc) is 3.20. The molecule has 0 saturated heterocycles. The van der Waals surface area contributed by atoms with Gasteiger partial charge in [-0.3, -0.25) is 9.38 Å². The molecule has 0 aliphatic heterocycles. The van der Waals surface area contributed by atoms with Gasteiger partial charge in [0.15, 0.2) is 23.1 Å². The Hall–Kier alpha value is -3.94. The van der Waals surface area contributed by atoms with E-state index in [0.29, 0.717) is 27.9 Å². The first-order chi connectivity index (χ1) is 14.0. The zero-order valence-corrected chi connectivity index (χ0v) is 14.8. The minimum Gasteiger partial charge on any atom is -0.381 e. The van der Waals surface area contributed by atoms with Gasteiger partial charge in [0.2, 0.25) is 0 Å². The second-order valence-corrected chi connectivity index (χ2v) is 6.48. The van der Waals surface area contributed by atoms with E-state index in [4.69, 9.17) is 5.73 Å². The van der Waals surface area contributed by atoms with Crippen molar-refractivity contribution in [3.8, 4) is 22.5 Å². The Balaban J connectivity index is 1.88. The summed E-state index contributed by atoms with van der Waals surface area (Å²) >= 11 is 0. The monoisotopic (exact) mass is 391 g/mol. The van der Waals surface area contributed by atoms with Crippen LogP contribution in [0, 0.1) is 17.5 Å². The molecule has 29 heavy (non-hydrogen) atoms. The first-order valence-electron chi connectivity index (χ1n) is 8.65. The maximum Gasteiger partial charge on any atom is 0.180 e. The van der Waals surface area contributed by atoms with Crippen molar-refractivity contribution in [3.05, 3.63) is 78.5 Å². The summed E-state index contributed by atoms with van der Waals surface area (Å²) in [4.78, 5) is 12.6. The van der Waals surface area contributed by atoms with Gasteiger partial charge in [-0.15, -0.1) is 0 Å². The maximum atomic E-state index is 14.7. The van der Waals surface area contributed by atoms with E-state index in [1.807, 2.05) is 0 Å². The van der Waals surface area contributed by atoms with Crippen molar-refractivity contribution < 1.29 is 13.2 Å². The molecule has 5 nitrogen and oxygen atoms in total. The van der Waals surface area contributed by atoms with Gasteiger partial charge in [0.1, 0.15) is 11.3 Å². The zero-order chi connectivity index (χ0) is 20.1. The number of nitrogen functional groups attached to an aromatic ring is 1. The quantitative estimate of drug-likeness (QED) is 0.477. The predicted octanol–water partition coefficient (Wildman–Crippen LogP) is 4.61. The fraction of sp³-hybridized carbons (Fsp3) is 0. The molecule has 0 radical (unpaired) electrons. The van der Waals surface area contributed by atoms with Crippen molar-refractivity contribution in [2.24, 2.45) is 0 Å². The summed E-state index contributed by atoms with van der Waals surface area (Å²) < 4.78 is 43.8. The van der Waals surface area contributed by atoms with Gasteiger partial charge in [-0.2, -0.15) is 0 Å². The first-order valence-corrected chi connectivity index (χ1v) is 8.65. The van der Waals surface area contributed by atoms with Gasteiger partial charge in [0.05, 0.1) is 11.4 Å². The van der Waals surface area contributed by atoms with Crippen molar-refractivity contribution in [2.45, 2.75) is 0 Å². The number of hydrogen-bond acceptors (Lipinski definition) is 4. The number of fused-ring (bicyclic) bond motifs is 2. The molecule has 142 valence electrons. The van der Waals surface area contributed by atoms with Gasteiger partial charge in [-0.25, -0.2) is 23.1 Å². The molecule has 0 atom stereocenters. The second kappa shape index (κ2) is 6.30. The van der Waals surface area contributed by atoms with E-state index in [1.165, 1.54) is 24.5 Å². The van der Waals surface area contributed by atoms with E-state index < -0.39 is 17.5 Å². The standard InChI is InChI=1S/C21H12F3N5/c22-14-4-3-12(9-15(14)23)18-19(29-7-6-27-21(29)20(25)28-18)13-8-11-2-1-5-26-17(11)16(24)10-13/h1-10H,(H2,25,28). The van der Waals surface area contributed by atoms with E-state index in [1.54, 1.807) is 28.8 Å². The van der Waals surface area contributed by atoms with Crippen LogP contribution in [0.1, 0.15) is 0 Å². The van der Waals surface area contributed by atoms with Crippen molar-refractivity contribution in [3.63, 3.8) is 0 Å². The smallest absolute Gasteiger partial charge is 0.180 e. The summed E-state index contributed by atoms with van der Waals surface area (Å²) in [5.41, 5.74) is 8.12. The number of hydrogen-bond donors (Lipinski definition) is 1. The van der Waals surface area contributed by atoms with Gasteiger partial charge in [0.25, 0.3) is 0 Å². The Labute approximate surface area is 162 Å². The molecule has 0 saturated carbocycles. The maximum absolute atomic E-state index is 14.7. The summed E-state index contributed by atoms with van der Waals surface area (Å²) in [6, 6.07) is 9.95. The highest BCUT2D eigenvalue weighted by atomic mass is 19.2. The van der Waals surface area contributed by atoms with Crippen LogP contribution in [-0.2, 0) is 0 Å². The van der Waals surface area contributed by atoms with E-state index in [9.17, 15) is 13.2 Å². The third-order valence-corrected chi connectivity index (χ3v) is 4.69. The summed E-state index contributed by atoms with van der Waals surface area (Å²) in [6.07, 6.45) is 4.69. The van der Waals surface area contributed by atoms with Crippen LogP contribution in [0.3, 0.4) is 0 Å². The zero-order valence-electron chi connectivity index (χ0n) is 14.8. The second-order valence-electron chi connectivity index (χ2n) is 6.48. The minimum atomic E-state index is -1.02. The van der Waals surface area contributed by atoms with Crippen LogP contribution < -0.4 is 5.73 Å². The summed E-state index contributed by atoms with van der Waals surface area (Å²) in [5, 5.41) is 0.587. The van der Waals surface area contributed by atoms with Gasteiger partial charge < -0.3 is 5.73 Å². The number of nitrogens with zero attached hydrogens (tertiary/aromatic N) is 4. The highest BCUT2D eigenvalue weighted by Gasteiger charge is 2.19. The Morgan fingerprint density at radius 3 is 2.48 bits per heavy atom. The van der Waals surface area contributed by atoms with Crippen LogP contribution in [0.2, 0.25) is 0 Å². The number of aromatic nitrogens is 4. The van der Waals surface area contributed by atoms with Crippen molar-refractivity contribution in [1.29, 1.82) is 0 Å². The number of halogens is 3. The highest BCUT2D eigenvalue weighted by molar-refractivity contribution is 5.89. The normalized spacial score (nSPS) is 11.4. The molecule has 0 fully saturated rings. The lowest BCUT2D eigenvalue weighted by atomic mass is 10.0. The van der Waals surface area contributed by atoms with Crippen LogP contribution >= 0.6 is 0 Å². The molecular formula is C21H12F3N5. The SMILES string of the molecule is Nc1nc(-c2ccc(F)c(F)c2)c(-c2cc(F)c3ncccc3c2)n2ccnc12. The van der Waals surface area contributed by atoms with Crippen LogP contribution in [0.25, 0.3) is 39.1 Å². The predicted molar refractivity (Wildman–Crippen MR) is 103 cm³/mol. The van der Waals surface area contributed by atoms with Gasteiger partial charge in [0, 0.05) is 35.1 Å². The average molecular weight is 391 g/mol. The van der Waals surface area contributed by atoms with E-state index in [-0.39, 0.29) is 17.0 Å². The number of benzene rings is 2. The third-order valence-electron chi connectivity index (χ3n) is 4.69. The van der Waals surface area contributed by atoms with Crippen molar-refractivity contribution >= 4 is 22.4 Å². The van der Waals surface area contributed by atoms with Gasteiger partial charge >= 0.3 is 0 Å². The van der Waals surface area contributed by atoms with Crippen LogP contribution in [0.4, 0.5) is 19.0 Å². The molecule has 2 aromatic carbocycles. The Morgan fingerprint density at radius 1 is 0.828 bits per heavy atom. The molecule has 0 amide bonds. The molecule has 0 unspecified atom stereocenters. The van der Waals surface area contributed by atoms with Crippen LogP contribution in [0.15, 0.2) is 61.1 Å². The van der Waals surface area contributed by atoms with Crippen LogP contribution in [0.5, 0.6) is 0 Å². The molecule has 5 rings (SSSR count). The Bertz CT molecular complexity index is 1410. The highest BCUT2D eigenvalue weighted by Crippen LogP contribution is 2.35. The summed E-state index contributed by atoms with van der Waals surface area (Å²) in [5.74, 6) is -2.40. The number of anilines is 1. The molecule has 3 aromatic heterocycles. The Kier molecular flexibility index (Phi) is 3.73. The molecule has 0 aliphatic rings. The van der Waals surface area contributed by atoms with Gasteiger partial charge in [-0.1, -0.05) is 6.07 Å². The molecule has 0 bridgehead atoms. The van der Waals surface area contributed by atoms with Crippen LogP contribution in [-0.4, -0.2) is 19.4 Å². The fourth-order valence-electron chi connectivity index (χ4n) is 3.42. The van der Waals surface area contributed by atoms with E-state index in [2.05, 4.69) is 15.0 Å². The van der Waals surface area contributed by atoms with Crippen molar-refractivity contribution in [1.82, 2.24) is 19.4 Å². The lowest BCUT2D eigenvalue weighted by molar-refractivity contribution is 0.509. The molecule has 5 aromatic rings. The number of pyridine rings is 1. The van der Waals surface area contributed by atoms with Gasteiger partial charge in [-0.05, 0) is 36.4 Å². The molecule has 2 N–H and O–H groups in total. The molecule has 8 heteroatoms. The summed E-state index contributed by atoms with van der Waals surface area (Å²) in [6.45, 7) is 0. The fourth-order valence-corrected chi connectivity index (χ4v) is 3.42. The largest absolute Gasteiger partial charge is 0.381 e.